The zero-order valence-electron chi connectivity index (χ0n) is 30.6. The van der Waals surface area contributed by atoms with Crippen molar-refractivity contribution in [3.8, 4) is 0 Å². The molecule has 0 heterocycles. The number of hydrogen-bond donors (Lipinski definition) is 1. The lowest BCUT2D eigenvalue weighted by atomic mass is 10.0. The van der Waals surface area contributed by atoms with Crippen LogP contribution in [0.1, 0.15) is 233 Å². The minimum absolute atomic E-state index is 0. The SMILES string of the molecule is CCCCCCCCCCCCCCCCCC[N+](CC)(CCCCCCCCCCCCCCCCCC)C(C)O.[Cl-]. The first-order valence-electron chi connectivity index (χ1n) is 20.2. The summed E-state index contributed by atoms with van der Waals surface area (Å²) in [5.41, 5.74) is 0. The average Bonchev–Trinajstić information content (AvgIpc) is 2.99. The summed E-state index contributed by atoms with van der Waals surface area (Å²) in [7, 11) is 0. The molecule has 0 radical (unpaired) electrons. The number of hydrogen-bond acceptors (Lipinski definition) is 1. The number of aliphatic hydroxyl groups is 1. The van der Waals surface area contributed by atoms with Gasteiger partial charge in [-0.3, -0.25) is 4.48 Å². The van der Waals surface area contributed by atoms with E-state index in [4.69, 9.17) is 0 Å². The Hall–Kier alpha value is 0.210. The second-order valence-corrected chi connectivity index (χ2v) is 14.2. The molecule has 1 unspecified atom stereocenters. The summed E-state index contributed by atoms with van der Waals surface area (Å²) < 4.78 is 0.928. The fourth-order valence-electron chi connectivity index (χ4n) is 7.02. The Balaban J connectivity index is 0. The normalized spacial score (nSPS) is 12.5. The molecule has 0 spiro atoms. The van der Waals surface area contributed by atoms with Crippen LogP contribution < -0.4 is 12.4 Å². The molecule has 3 heteroatoms. The van der Waals surface area contributed by atoms with Crippen molar-refractivity contribution >= 4 is 0 Å². The van der Waals surface area contributed by atoms with E-state index in [-0.39, 0.29) is 18.6 Å². The Morgan fingerprint density at radius 2 is 0.535 bits per heavy atom. The van der Waals surface area contributed by atoms with Gasteiger partial charge in [0.1, 0.15) is 0 Å². The average molecular weight is 631 g/mol. The predicted octanol–water partition coefficient (Wildman–Crippen LogP) is 10.7. The highest BCUT2D eigenvalue weighted by Crippen LogP contribution is 2.20. The molecule has 0 amide bonds. The topological polar surface area (TPSA) is 20.2 Å². The van der Waals surface area contributed by atoms with Gasteiger partial charge in [-0.25, -0.2) is 0 Å². The molecule has 0 aliphatic carbocycles. The highest BCUT2D eigenvalue weighted by atomic mass is 35.5. The van der Waals surface area contributed by atoms with Gasteiger partial charge < -0.3 is 17.5 Å². The Kier molecular flexibility index (Phi) is 38.7. The van der Waals surface area contributed by atoms with Crippen LogP contribution in [0.4, 0.5) is 0 Å². The first kappa shape index (κ1) is 45.3. The molecule has 0 aromatic rings. The molecule has 0 aliphatic heterocycles. The fraction of sp³-hybridized carbons (Fsp3) is 1.00. The maximum Gasteiger partial charge on any atom is 0.187 e. The van der Waals surface area contributed by atoms with E-state index < -0.39 is 0 Å². The third-order valence-electron chi connectivity index (χ3n) is 10.3. The summed E-state index contributed by atoms with van der Waals surface area (Å²) in [4.78, 5) is 0. The second kappa shape index (κ2) is 36.7. The molecule has 0 saturated carbocycles. The second-order valence-electron chi connectivity index (χ2n) is 14.2. The van der Waals surface area contributed by atoms with Crippen molar-refractivity contribution < 1.29 is 22.0 Å². The maximum absolute atomic E-state index is 10.7. The van der Waals surface area contributed by atoms with Gasteiger partial charge in [0.05, 0.1) is 19.6 Å². The van der Waals surface area contributed by atoms with E-state index in [1.54, 1.807) is 0 Å². The summed E-state index contributed by atoms with van der Waals surface area (Å²) in [6.45, 7) is 12.4. The van der Waals surface area contributed by atoms with Crippen molar-refractivity contribution in [3.05, 3.63) is 0 Å². The lowest BCUT2D eigenvalue weighted by molar-refractivity contribution is -0.968. The minimum Gasteiger partial charge on any atom is -1.00 e. The zero-order chi connectivity index (χ0) is 30.8. The molecule has 0 aromatic carbocycles. The standard InChI is InChI=1S/C40H84NO.ClH/c1-5-8-10-12-14-16-18-20-22-24-26-28-30-32-34-36-38-41(7-3,40(4)42)39-37-35-33-31-29-27-25-23-21-19-17-15-13-11-9-6-2;/h40,42H,5-39H2,1-4H3;1H/q+1;/p-1. The third-order valence-corrected chi connectivity index (χ3v) is 10.3. The van der Waals surface area contributed by atoms with Crippen LogP contribution in [0.3, 0.4) is 0 Å². The molecular weight excluding hydrogens is 546 g/mol. The number of quaternary nitrogens is 1. The lowest BCUT2D eigenvalue weighted by Gasteiger charge is -2.40. The van der Waals surface area contributed by atoms with Gasteiger partial charge in [0.15, 0.2) is 6.23 Å². The van der Waals surface area contributed by atoms with Crippen molar-refractivity contribution in [2.24, 2.45) is 0 Å². The minimum atomic E-state index is -0.220. The van der Waals surface area contributed by atoms with E-state index in [1.165, 1.54) is 219 Å². The Morgan fingerprint density at radius 1 is 0.349 bits per heavy atom. The van der Waals surface area contributed by atoms with E-state index in [9.17, 15) is 5.11 Å². The van der Waals surface area contributed by atoms with Crippen LogP contribution in [-0.4, -0.2) is 35.5 Å². The summed E-state index contributed by atoms with van der Waals surface area (Å²) >= 11 is 0. The highest BCUT2D eigenvalue weighted by molar-refractivity contribution is 4.54. The first-order chi connectivity index (χ1) is 20.6. The van der Waals surface area contributed by atoms with Crippen molar-refractivity contribution in [1.29, 1.82) is 0 Å². The molecule has 43 heavy (non-hydrogen) atoms. The molecule has 1 N–H and O–H groups in total. The molecule has 1 atom stereocenters. The van der Waals surface area contributed by atoms with Crippen LogP contribution in [0.5, 0.6) is 0 Å². The zero-order valence-corrected chi connectivity index (χ0v) is 31.4. The molecule has 2 nitrogen and oxygen atoms in total. The van der Waals surface area contributed by atoms with Crippen molar-refractivity contribution in [2.45, 2.75) is 239 Å². The molecule has 0 aliphatic rings. The number of halogens is 1. The van der Waals surface area contributed by atoms with Gasteiger partial charge in [-0.1, -0.05) is 194 Å². The Bertz CT molecular complexity index is 461. The van der Waals surface area contributed by atoms with Crippen LogP contribution >= 0.6 is 0 Å². The lowest BCUT2D eigenvalue weighted by Crippen LogP contribution is -3.00. The first-order valence-corrected chi connectivity index (χ1v) is 20.2. The largest absolute Gasteiger partial charge is 1.00 e. The van der Waals surface area contributed by atoms with Gasteiger partial charge in [0.2, 0.25) is 0 Å². The van der Waals surface area contributed by atoms with Crippen molar-refractivity contribution in [3.63, 3.8) is 0 Å². The maximum atomic E-state index is 10.7. The van der Waals surface area contributed by atoms with E-state index in [2.05, 4.69) is 20.8 Å². The summed E-state index contributed by atoms with van der Waals surface area (Å²) in [6, 6.07) is 0. The van der Waals surface area contributed by atoms with Crippen LogP contribution in [0.15, 0.2) is 0 Å². The van der Waals surface area contributed by atoms with Crippen LogP contribution in [0, 0.1) is 0 Å². The molecule has 0 saturated heterocycles. The van der Waals surface area contributed by atoms with E-state index in [0.29, 0.717) is 0 Å². The quantitative estimate of drug-likeness (QED) is 0.0415. The molecule has 0 fully saturated rings. The predicted molar refractivity (Wildman–Crippen MR) is 191 cm³/mol. The smallest absolute Gasteiger partial charge is 0.187 e. The number of unbranched alkanes of at least 4 members (excludes halogenated alkanes) is 30. The number of rotatable bonds is 36. The van der Waals surface area contributed by atoms with E-state index in [1.807, 2.05) is 6.92 Å². The van der Waals surface area contributed by atoms with E-state index >= 15 is 0 Å². The molecule has 0 aromatic heterocycles. The van der Waals surface area contributed by atoms with Gasteiger partial charge >= 0.3 is 0 Å². The monoisotopic (exact) mass is 630 g/mol. The van der Waals surface area contributed by atoms with Crippen molar-refractivity contribution in [2.75, 3.05) is 19.6 Å². The molecular formula is C40H84ClNO. The molecule has 0 bridgehead atoms. The Morgan fingerprint density at radius 3 is 0.698 bits per heavy atom. The summed E-state index contributed by atoms with van der Waals surface area (Å²) in [6.07, 6.45) is 45.4. The van der Waals surface area contributed by atoms with Gasteiger partial charge in [-0.05, 0) is 32.6 Å². The summed E-state index contributed by atoms with van der Waals surface area (Å²) in [5, 5.41) is 10.7. The van der Waals surface area contributed by atoms with E-state index in [0.717, 1.165) is 11.0 Å². The third kappa shape index (κ3) is 30.6. The number of nitrogens with zero attached hydrogens (tertiary/aromatic N) is 1. The van der Waals surface area contributed by atoms with Gasteiger partial charge in [-0.2, -0.15) is 0 Å². The molecule has 262 valence electrons. The van der Waals surface area contributed by atoms with Crippen LogP contribution in [-0.2, 0) is 0 Å². The Labute approximate surface area is 280 Å². The van der Waals surface area contributed by atoms with Gasteiger partial charge in [-0.15, -0.1) is 0 Å². The highest BCUT2D eigenvalue weighted by Gasteiger charge is 2.29. The fourth-order valence-corrected chi connectivity index (χ4v) is 7.02. The van der Waals surface area contributed by atoms with Gasteiger partial charge in [0, 0.05) is 6.92 Å². The van der Waals surface area contributed by atoms with Crippen molar-refractivity contribution in [1.82, 2.24) is 0 Å². The van der Waals surface area contributed by atoms with Crippen LogP contribution in [0.2, 0.25) is 0 Å². The molecule has 0 rings (SSSR count). The van der Waals surface area contributed by atoms with Gasteiger partial charge in [0.25, 0.3) is 0 Å². The summed E-state index contributed by atoms with van der Waals surface area (Å²) in [5.74, 6) is 0. The van der Waals surface area contributed by atoms with Crippen LogP contribution in [0.25, 0.3) is 0 Å². The number of aliphatic hydroxyl groups excluding tert-OH is 1.